The summed E-state index contributed by atoms with van der Waals surface area (Å²) in [5.41, 5.74) is 0. The molecule has 0 aromatic carbocycles. The van der Waals surface area contributed by atoms with Gasteiger partial charge in [-0.2, -0.15) is 0 Å². The van der Waals surface area contributed by atoms with Gasteiger partial charge < -0.3 is 15.3 Å². The Hall–Kier alpha value is -1.26. The van der Waals surface area contributed by atoms with Crippen molar-refractivity contribution < 1.29 is 14.7 Å². The molecule has 0 saturated heterocycles. The van der Waals surface area contributed by atoms with Gasteiger partial charge in [0.05, 0.1) is 0 Å². The van der Waals surface area contributed by atoms with Gasteiger partial charge in [-0.15, -0.1) is 0 Å². The lowest BCUT2D eigenvalue weighted by molar-refractivity contribution is -0.139. The number of carboxylic acid groups (broad SMARTS) is 1. The second kappa shape index (κ2) is 7.24. The van der Waals surface area contributed by atoms with Crippen LogP contribution in [0, 0.1) is 0 Å². The van der Waals surface area contributed by atoms with E-state index in [2.05, 4.69) is 5.32 Å². The van der Waals surface area contributed by atoms with Gasteiger partial charge in [-0.25, -0.2) is 9.59 Å². The number of hydrogen-bond donors (Lipinski definition) is 2. The summed E-state index contributed by atoms with van der Waals surface area (Å²) in [4.78, 5) is 24.5. The SMILES string of the molecule is CC[C@@H](NC(=O)N(C)C1CCCCCC1)C(=O)O. The maximum atomic E-state index is 12.0. The summed E-state index contributed by atoms with van der Waals surface area (Å²) in [7, 11) is 1.76. The number of nitrogens with one attached hydrogen (secondary N) is 1. The number of carbonyl (C=O) groups excluding carboxylic acids is 1. The first-order valence-corrected chi connectivity index (χ1v) is 6.82. The highest BCUT2D eigenvalue weighted by Gasteiger charge is 2.24. The highest BCUT2D eigenvalue weighted by molar-refractivity contribution is 5.82. The smallest absolute Gasteiger partial charge is 0.326 e. The third-order valence-electron chi connectivity index (χ3n) is 3.70. The van der Waals surface area contributed by atoms with Crippen LogP contribution in [0.15, 0.2) is 0 Å². The highest BCUT2D eigenvalue weighted by Crippen LogP contribution is 2.21. The fourth-order valence-electron chi connectivity index (χ4n) is 2.40. The molecular weight excluding hydrogens is 232 g/mol. The number of aliphatic carboxylic acids is 1. The van der Waals surface area contributed by atoms with Crippen molar-refractivity contribution in [2.24, 2.45) is 0 Å². The molecule has 0 spiro atoms. The van der Waals surface area contributed by atoms with E-state index in [1.165, 1.54) is 12.8 Å². The topological polar surface area (TPSA) is 69.6 Å². The Morgan fingerprint density at radius 1 is 1.28 bits per heavy atom. The summed E-state index contributed by atoms with van der Waals surface area (Å²) in [5, 5.41) is 11.5. The lowest BCUT2D eigenvalue weighted by Crippen LogP contribution is -2.49. The molecule has 5 heteroatoms. The fraction of sp³-hybridized carbons (Fsp3) is 0.846. The van der Waals surface area contributed by atoms with Gasteiger partial charge in [0.1, 0.15) is 6.04 Å². The molecule has 104 valence electrons. The first-order chi connectivity index (χ1) is 8.56. The maximum absolute atomic E-state index is 12.0. The van der Waals surface area contributed by atoms with E-state index in [0.717, 1.165) is 25.7 Å². The third-order valence-corrected chi connectivity index (χ3v) is 3.70. The molecular formula is C13H24N2O3. The van der Waals surface area contributed by atoms with Crippen molar-refractivity contribution in [1.82, 2.24) is 10.2 Å². The molecule has 0 aromatic rings. The van der Waals surface area contributed by atoms with Gasteiger partial charge in [0.25, 0.3) is 0 Å². The Morgan fingerprint density at radius 3 is 2.28 bits per heavy atom. The van der Waals surface area contributed by atoms with Crippen LogP contribution in [0.3, 0.4) is 0 Å². The van der Waals surface area contributed by atoms with E-state index >= 15 is 0 Å². The number of urea groups is 1. The molecule has 2 amide bonds. The molecule has 0 unspecified atom stereocenters. The second-order valence-corrected chi connectivity index (χ2v) is 5.00. The number of carbonyl (C=O) groups is 2. The minimum atomic E-state index is -0.972. The molecule has 5 nitrogen and oxygen atoms in total. The molecule has 1 rings (SSSR count). The Labute approximate surface area is 109 Å². The Balaban J connectivity index is 2.51. The average Bonchev–Trinajstić information content (AvgIpc) is 2.62. The zero-order valence-electron chi connectivity index (χ0n) is 11.3. The van der Waals surface area contributed by atoms with Crippen molar-refractivity contribution in [1.29, 1.82) is 0 Å². The van der Waals surface area contributed by atoms with E-state index in [1.54, 1.807) is 18.9 Å². The van der Waals surface area contributed by atoms with Gasteiger partial charge >= 0.3 is 12.0 Å². The first-order valence-electron chi connectivity index (χ1n) is 6.82. The average molecular weight is 256 g/mol. The van der Waals surface area contributed by atoms with E-state index in [9.17, 15) is 9.59 Å². The fourth-order valence-corrected chi connectivity index (χ4v) is 2.40. The largest absolute Gasteiger partial charge is 0.480 e. The van der Waals surface area contributed by atoms with Gasteiger partial charge in [-0.05, 0) is 19.3 Å². The minimum absolute atomic E-state index is 0.249. The van der Waals surface area contributed by atoms with Crippen LogP contribution >= 0.6 is 0 Å². The van der Waals surface area contributed by atoms with Crippen molar-refractivity contribution in [3.63, 3.8) is 0 Å². The maximum Gasteiger partial charge on any atom is 0.326 e. The van der Waals surface area contributed by atoms with Crippen LogP contribution in [0.25, 0.3) is 0 Å². The van der Waals surface area contributed by atoms with E-state index in [-0.39, 0.29) is 12.1 Å². The zero-order valence-corrected chi connectivity index (χ0v) is 11.3. The van der Waals surface area contributed by atoms with Gasteiger partial charge in [0.15, 0.2) is 0 Å². The molecule has 1 aliphatic carbocycles. The van der Waals surface area contributed by atoms with E-state index < -0.39 is 12.0 Å². The minimum Gasteiger partial charge on any atom is -0.480 e. The summed E-state index contributed by atoms with van der Waals surface area (Å²) in [6.07, 6.45) is 7.22. The van der Waals surface area contributed by atoms with Crippen LogP contribution < -0.4 is 5.32 Å². The van der Waals surface area contributed by atoms with Crippen LogP contribution in [0.1, 0.15) is 51.9 Å². The Morgan fingerprint density at radius 2 is 1.83 bits per heavy atom. The molecule has 18 heavy (non-hydrogen) atoms. The van der Waals surface area contributed by atoms with E-state index in [4.69, 9.17) is 5.11 Å². The van der Waals surface area contributed by atoms with Crippen LogP contribution in [0.2, 0.25) is 0 Å². The third kappa shape index (κ3) is 4.20. The zero-order chi connectivity index (χ0) is 13.5. The number of amides is 2. The van der Waals surface area contributed by atoms with Gasteiger partial charge in [-0.3, -0.25) is 0 Å². The molecule has 1 aliphatic rings. The molecule has 0 heterocycles. The van der Waals surface area contributed by atoms with Crippen molar-refractivity contribution in [3.05, 3.63) is 0 Å². The lowest BCUT2D eigenvalue weighted by Gasteiger charge is -2.28. The van der Waals surface area contributed by atoms with Gasteiger partial charge in [0, 0.05) is 13.1 Å². The van der Waals surface area contributed by atoms with Crippen molar-refractivity contribution in [2.75, 3.05) is 7.05 Å². The van der Waals surface area contributed by atoms with Gasteiger partial charge in [-0.1, -0.05) is 32.6 Å². The first kappa shape index (κ1) is 14.8. The molecule has 1 fully saturated rings. The molecule has 0 aliphatic heterocycles. The van der Waals surface area contributed by atoms with Gasteiger partial charge in [0.2, 0.25) is 0 Å². The van der Waals surface area contributed by atoms with Crippen molar-refractivity contribution in [3.8, 4) is 0 Å². The Kier molecular flexibility index (Phi) is 5.95. The predicted molar refractivity (Wildman–Crippen MR) is 69.5 cm³/mol. The summed E-state index contributed by atoms with van der Waals surface area (Å²) in [5.74, 6) is -0.972. The summed E-state index contributed by atoms with van der Waals surface area (Å²) >= 11 is 0. The van der Waals surface area contributed by atoms with Crippen LogP contribution in [-0.2, 0) is 4.79 Å². The quantitative estimate of drug-likeness (QED) is 0.758. The molecule has 0 bridgehead atoms. The standard InChI is InChI=1S/C13H24N2O3/c1-3-11(12(16)17)14-13(18)15(2)10-8-6-4-5-7-9-10/h10-11H,3-9H2,1-2H3,(H,14,18)(H,16,17)/t11-/m1/s1. The van der Waals surface area contributed by atoms with Crippen LogP contribution in [-0.4, -0.2) is 41.1 Å². The number of hydrogen-bond acceptors (Lipinski definition) is 2. The van der Waals surface area contributed by atoms with Crippen LogP contribution in [0.5, 0.6) is 0 Å². The highest BCUT2D eigenvalue weighted by atomic mass is 16.4. The number of rotatable bonds is 4. The lowest BCUT2D eigenvalue weighted by atomic mass is 10.1. The monoisotopic (exact) mass is 256 g/mol. The molecule has 1 saturated carbocycles. The molecule has 2 N–H and O–H groups in total. The summed E-state index contributed by atoms with van der Waals surface area (Å²) < 4.78 is 0. The molecule has 1 atom stereocenters. The number of nitrogens with zero attached hydrogens (tertiary/aromatic N) is 1. The van der Waals surface area contributed by atoms with Crippen LogP contribution in [0.4, 0.5) is 4.79 Å². The van der Waals surface area contributed by atoms with Crippen molar-refractivity contribution in [2.45, 2.75) is 64.0 Å². The second-order valence-electron chi connectivity index (χ2n) is 5.00. The summed E-state index contributed by atoms with van der Waals surface area (Å²) in [6, 6.07) is -0.805. The van der Waals surface area contributed by atoms with Crippen molar-refractivity contribution >= 4 is 12.0 Å². The van der Waals surface area contributed by atoms with E-state index in [1.807, 2.05) is 0 Å². The number of carboxylic acids is 1. The Bertz CT molecular complexity index is 286. The normalized spacial score (nSPS) is 18.8. The summed E-state index contributed by atoms with van der Waals surface area (Å²) in [6.45, 7) is 1.75. The molecule has 0 aromatic heterocycles. The van der Waals surface area contributed by atoms with E-state index in [0.29, 0.717) is 6.42 Å². The molecule has 0 radical (unpaired) electrons. The predicted octanol–water partition coefficient (Wildman–Crippen LogP) is 2.21.